The predicted molar refractivity (Wildman–Crippen MR) is 74.5 cm³/mol. The zero-order valence-electron chi connectivity index (χ0n) is 11.1. The number of hydrogen-bond donors (Lipinski definition) is 1. The van der Waals surface area contributed by atoms with Crippen molar-refractivity contribution in [3.05, 3.63) is 29.3 Å². The van der Waals surface area contributed by atoms with E-state index in [1.165, 1.54) is 42.7 Å². The van der Waals surface area contributed by atoms with Crippen molar-refractivity contribution in [2.45, 2.75) is 33.1 Å². The van der Waals surface area contributed by atoms with Gasteiger partial charge in [0.15, 0.2) is 0 Å². The lowest BCUT2D eigenvalue weighted by Crippen LogP contribution is -2.20. The third kappa shape index (κ3) is 2.81. The van der Waals surface area contributed by atoms with Gasteiger partial charge < -0.3 is 10.6 Å². The van der Waals surface area contributed by atoms with Gasteiger partial charge in [0, 0.05) is 18.8 Å². The Hall–Kier alpha value is -1.02. The van der Waals surface area contributed by atoms with Crippen molar-refractivity contribution >= 4 is 5.69 Å². The number of nitrogens with two attached hydrogens (primary N) is 1. The van der Waals surface area contributed by atoms with Gasteiger partial charge >= 0.3 is 0 Å². The molecule has 1 aromatic rings. The van der Waals surface area contributed by atoms with Crippen LogP contribution in [0.1, 0.15) is 30.9 Å². The van der Waals surface area contributed by atoms with Crippen molar-refractivity contribution in [3.63, 3.8) is 0 Å². The summed E-state index contributed by atoms with van der Waals surface area (Å²) >= 11 is 0. The molecule has 1 aromatic carbocycles. The normalized spacial score (nSPS) is 19.9. The number of rotatable bonds is 4. The number of anilines is 1. The fourth-order valence-corrected chi connectivity index (χ4v) is 2.78. The molecular weight excluding hydrogens is 208 g/mol. The molecule has 0 spiro atoms. The number of hydrogen-bond acceptors (Lipinski definition) is 2. The van der Waals surface area contributed by atoms with Crippen LogP contribution >= 0.6 is 0 Å². The Morgan fingerprint density at radius 3 is 2.82 bits per heavy atom. The van der Waals surface area contributed by atoms with Crippen LogP contribution in [0.25, 0.3) is 0 Å². The second-order valence-electron chi connectivity index (χ2n) is 5.17. The Labute approximate surface area is 105 Å². The molecule has 1 saturated heterocycles. The summed E-state index contributed by atoms with van der Waals surface area (Å²) < 4.78 is 0. The number of nitrogens with zero attached hydrogens (tertiary/aromatic N) is 1. The van der Waals surface area contributed by atoms with Gasteiger partial charge in [0.2, 0.25) is 0 Å². The third-order valence-corrected chi connectivity index (χ3v) is 3.90. The van der Waals surface area contributed by atoms with Crippen LogP contribution in [0.15, 0.2) is 18.2 Å². The molecule has 2 N–H and O–H groups in total. The minimum atomic E-state index is 0.737. The highest BCUT2D eigenvalue weighted by molar-refractivity contribution is 5.55. The van der Waals surface area contributed by atoms with Gasteiger partial charge in [-0.25, -0.2) is 0 Å². The zero-order valence-corrected chi connectivity index (χ0v) is 11.1. The molecule has 1 atom stereocenters. The van der Waals surface area contributed by atoms with Crippen molar-refractivity contribution in [2.24, 2.45) is 11.7 Å². The maximum absolute atomic E-state index is 5.60. The highest BCUT2D eigenvalue weighted by Gasteiger charge is 2.21. The topological polar surface area (TPSA) is 29.3 Å². The molecule has 2 heteroatoms. The molecule has 1 aliphatic heterocycles. The van der Waals surface area contributed by atoms with Gasteiger partial charge in [-0.15, -0.1) is 0 Å². The van der Waals surface area contributed by atoms with Crippen molar-refractivity contribution in [1.82, 2.24) is 0 Å². The van der Waals surface area contributed by atoms with Gasteiger partial charge in [-0.3, -0.25) is 0 Å². The van der Waals surface area contributed by atoms with Gasteiger partial charge in [-0.1, -0.05) is 25.5 Å². The summed E-state index contributed by atoms with van der Waals surface area (Å²) in [6.07, 6.45) is 3.64. The molecule has 17 heavy (non-hydrogen) atoms. The van der Waals surface area contributed by atoms with Crippen LogP contribution in [0.3, 0.4) is 0 Å². The quantitative estimate of drug-likeness (QED) is 0.865. The van der Waals surface area contributed by atoms with E-state index < -0.39 is 0 Å². The summed E-state index contributed by atoms with van der Waals surface area (Å²) in [5, 5.41) is 0. The first kappa shape index (κ1) is 12.4. The summed E-state index contributed by atoms with van der Waals surface area (Å²) in [5.74, 6) is 0.887. The van der Waals surface area contributed by atoms with E-state index in [9.17, 15) is 0 Å². The monoisotopic (exact) mass is 232 g/mol. The highest BCUT2D eigenvalue weighted by atomic mass is 15.2. The molecule has 1 fully saturated rings. The molecule has 0 amide bonds. The van der Waals surface area contributed by atoms with Gasteiger partial charge in [0.05, 0.1) is 0 Å². The van der Waals surface area contributed by atoms with E-state index in [0.29, 0.717) is 0 Å². The smallest absolute Gasteiger partial charge is 0.0396 e. The van der Waals surface area contributed by atoms with Crippen molar-refractivity contribution in [1.29, 1.82) is 0 Å². The largest absolute Gasteiger partial charge is 0.371 e. The van der Waals surface area contributed by atoms with Crippen molar-refractivity contribution in [3.8, 4) is 0 Å². The van der Waals surface area contributed by atoms with Crippen LogP contribution in [0, 0.1) is 12.8 Å². The Morgan fingerprint density at radius 1 is 1.41 bits per heavy atom. The first-order valence-corrected chi connectivity index (χ1v) is 6.79. The summed E-state index contributed by atoms with van der Waals surface area (Å²) in [6.45, 7) is 7.70. The zero-order chi connectivity index (χ0) is 12.3. The predicted octanol–water partition coefficient (Wildman–Crippen LogP) is 2.73. The van der Waals surface area contributed by atoms with Crippen LogP contribution in [0.4, 0.5) is 5.69 Å². The summed E-state index contributed by atoms with van der Waals surface area (Å²) in [4.78, 5) is 2.54. The van der Waals surface area contributed by atoms with Crippen LogP contribution < -0.4 is 10.6 Å². The maximum atomic E-state index is 5.60. The van der Waals surface area contributed by atoms with Crippen LogP contribution in [-0.2, 0) is 6.42 Å². The first-order valence-electron chi connectivity index (χ1n) is 6.79. The molecule has 2 rings (SSSR count). The molecule has 0 aliphatic carbocycles. The molecule has 1 unspecified atom stereocenters. The molecule has 0 aromatic heterocycles. The van der Waals surface area contributed by atoms with Gasteiger partial charge in [-0.2, -0.15) is 0 Å². The van der Waals surface area contributed by atoms with Crippen LogP contribution in [0.5, 0.6) is 0 Å². The van der Waals surface area contributed by atoms with E-state index >= 15 is 0 Å². The van der Waals surface area contributed by atoms with E-state index in [1.54, 1.807) is 0 Å². The Balaban J connectivity index is 2.11. The minimum Gasteiger partial charge on any atom is -0.371 e. The average molecular weight is 232 g/mol. The second-order valence-corrected chi connectivity index (χ2v) is 5.17. The Morgan fingerprint density at radius 2 is 2.24 bits per heavy atom. The maximum Gasteiger partial charge on any atom is 0.0396 e. The SMILES string of the molecule is CCC1CCN(c2ccc(CCN)cc2C)C1. The average Bonchev–Trinajstić information content (AvgIpc) is 2.78. The van der Waals surface area contributed by atoms with Gasteiger partial charge in [0.25, 0.3) is 0 Å². The number of benzene rings is 1. The van der Waals surface area contributed by atoms with Crippen LogP contribution in [-0.4, -0.2) is 19.6 Å². The van der Waals surface area contributed by atoms with Gasteiger partial charge in [-0.05, 0) is 49.4 Å². The highest BCUT2D eigenvalue weighted by Crippen LogP contribution is 2.28. The lowest BCUT2D eigenvalue weighted by atomic mass is 10.1. The molecule has 2 nitrogen and oxygen atoms in total. The Kier molecular flexibility index (Phi) is 4.06. The van der Waals surface area contributed by atoms with Gasteiger partial charge in [0.1, 0.15) is 0 Å². The first-order chi connectivity index (χ1) is 8.24. The summed E-state index contributed by atoms with van der Waals surface area (Å²) in [5.41, 5.74) is 9.77. The second kappa shape index (κ2) is 5.54. The fourth-order valence-electron chi connectivity index (χ4n) is 2.78. The Bertz CT molecular complexity index is 373. The van der Waals surface area contributed by atoms with E-state index in [4.69, 9.17) is 5.73 Å². The standard InChI is InChI=1S/C15H24N2/c1-3-13-7-9-17(11-13)15-5-4-14(6-8-16)10-12(15)2/h4-5,10,13H,3,6-9,11,16H2,1-2H3. The molecule has 1 aliphatic rings. The molecule has 0 bridgehead atoms. The lowest BCUT2D eigenvalue weighted by Gasteiger charge is -2.21. The van der Waals surface area contributed by atoms with E-state index in [2.05, 4.69) is 36.9 Å². The lowest BCUT2D eigenvalue weighted by molar-refractivity contribution is 0.569. The molecule has 94 valence electrons. The molecule has 0 radical (unpaired) electrons. The van der Waals surface area contributed by atoms with Crippen molar-refractivity contribution in [2.75, 3.05) is 24.5 Å². The summed E-state index contributed by atoms with van der Waals surface area (Å²) in [7, 11) is 0. The third-order valence-electron chi connectivity index (χ3n) is 3.90. The van der Waals surface area contributed by atoms with E-state index in [0.717, 1.165) is 18.9 Å². The van der Waals surface area contributed by atoms with E-state index in [-0.39, 0.29) is 0 Å². The van der Waals surface area contributed by atoms with Crippen LogP contribution in [0.2, 0.25) is 0 Å². The number of aryl methyl sites for hydroxylation is 1. The molecular formula is C15H24N2. The van der Waals surface area contributed by atoms with E-state index in [1.807, 2.05) is 0 Å². The molecule has 1 heterocycles. The fraction of sp³-hybridized carbons (Fsp3) is 0.600. The summed E-state index contributed by atoms with van der Waals surface area (Å²) in [6, 6.07) is 6.80. The minimum absolute atomic E-state index is 0.737. The molecule has 0 saturated carbocycles. The van der Waals surface area contributed by atoms with Crippen molar-refractivity contribution < 1.29 is 0 Å².